The maximum atomic E-state index is 11.9. The zero-order chi connectivity index (χ0) is 13.8. The number of phenols is 1. The molecule has 98 valence electrons. The fourth-order valence-electron chi connectivity index (χ4n) is 1.95. The molecule has 3 heteroatoms. The lowest BCUT2D eigenvalue weighted by atomic mass is 10.1. The number of carbonyl (C=O) groups is 1. The maximum absolute atomic E-state index is 11.9. The van der Waals surface area contributed by atoms with Crippen molar-refractivity contribution in [2.45, 2.75) is 20.3 Å². The van der Waals surface area contributed by atoms with E-state index < -0.39 is 0 Å². The second-order valence-electron chi connectivity index (χ2n) is 4.73. The van der Waals surface area contributed by atoms with E-state index in [2.05, 4.69) is 5.32 Å². The molecule has 0 unspecified atom stereocenters. The van der Waals surface area contributed by atoms with Crippen LogP contribution in [0.5, 0.6) is 5.75 Å². The van der Waals surface area contributed by atoms with Gasteiger partial charge in [0, 0.05) is 0 Å². The third-order valence-electron chi connectivity index (χ3n) is 2.87. The van der Waals surface area contributed by atoms with Crippen molar-refractivity contribution in [3.8, 4) is 5.75 Å². The Morgan fingerprint density at radius 3 is 2.58 bits per heavy atom. The van der Waals surface area contributed by atoms with E-state index in [1.165, 1.54) is 0 Å². The van der Waals surface area contributed by atoms with E-state index in [4.69, 9.17) is 0 Å². The monoisotopic (exact) mass is 255 g/mol. The van der Waals surface area contributed by atoms with Crippen LogP contribution < -0.4 is 5.32 Å². The van der Waals surface area contributed by atoms with Gasteiger partial charge in [0.1, 0.15) is 5.75 Å². The van der Waals surface area contributed by atoms with Crippen LogP contribution in [0.25, 0.3) is 0 Å². The van der Waals surface area contributed by atoms with Crippen LogP contribution in [0, 0.1) is 13.8 Å². The third-order valence-corrected chi connectivity index (χ3v) is 2.87. The average molecular weight is 255 g/mol. The van der Waals surface area contributed by atoms with Gasteiger partial charge in [0.25, 0.3) is 0 Å². The van der Waals surface area contributed by atoms with Gasteiger partial charge in [-0.15, -0.1) is 0 Å². The average Bonchev–Trinajstić information content (AvgIpc) is 2.34. The van der Waals surface area contributed by atoms with Gasteiger partial charge in [0.2, 0.25) is 5.91 Å². The highest BCUT2D eigenvalue weighted by Gasteiger charge is 2.07. The highest BCUT2D eigenvalue weighted by Crippen LogP contribution is 2.23. The number of aromatic hydroxyl groups is 1. The number of amides is 1. The molecule has 2 aromatic carbocycles. The molecule has 0 atom stereocenters. The van der Waals surface area contributed by atoms with E-state index >= 15 is 0 Å². The van der Waals surface area contributed by atoms with E-state index in [-0.39, 0.29) is 11.7 Å². The topological polar surface area (TPSA) is 49.3 Å². The molecule has 0 aliphatic carbocycles. The van der Waals surface area contributed by atoms with Crippen molar-refractivity contribution >= 4 is 11.6 Å². The number of phenolic OH excluding ortho intramolecular Hbond substituents is 1. The number of anilines is 1. The number of nitrogens with one attached hydrogen (secondary N) is 1. The molecule has 1 amide bonds. The van der Waals surface area contributed by atoms with E-state index in [0.717, 1.165) is 16.7 Å². The van der Waals surface area contributed by atoms with E-state index in [1.807, 2.05) is 38.1 Å². The number of rotatable bonds is 3. The highest BCUT2D eigenvalue weighted by atomic mass is 16.3. The predicted molar refractivity (Wildman–Crippen MR) is 76.4 cm³/mol. The summed E-state index contributed by atoms with van der Waals surface area (Å²) in [6, 6.07) is 13.0. The SMILES string of the molecule is Cc1cccc(CC(=O)Nc2cc(C)ccc2O)c1. The van der Waals surface area contributed by atoms with Crippen molar-refractivity contribution in [2.24, 2.45) is 0 Å². The molecular formula is C16H17NO2. The summed E-state index contributed by atoms with van der Waals surface area (Å²) in [4.78, 5) is 11.9. The van der Waals surface area contributed by atoms with E-state index in [1.54, 1.807) is 18.2 Å². The van der Waals surface area contributed by atoms with Crippen molar-refractivity contribution in [2.75, 3.05) is 5.32 Å². The molecule has 0 fully saturated rings. The molecule has 0 spiro atoms. The minimum atomic E-state index is -0.133. The van der Waals surface area contributed by atoms with Crippen molar-refractivity contribution < 1.29 is 9.90 Å². The van der Waals surface area contributed by atoms with Gasteiger partial charge in [0.05, 0.1) is 12.1 Å². The van der Waals surface area contributed by atoms with E-state index in [9.17, 15) is 9.90 Å². The quantitative estimate of drug-likeness (QED) is 0.827. The summed E-state index contributed by atoms with van der Waals surface area (Å²) in [5.41, 5.74) is 3.54. The smallest absolute Gasteiger partial charge is 0.228 e. The van der Waals surface area contributed by atoms with Crippen LogP contribution in [0.1, 0.15) is 16.7 Å². The van der Waals surface area contributed by atoms with Gasteiger partial charge in [-0.1, -0.05) is 35.9 Å². The Hall–Kier alpha value is -2.29. The third kappa shape index (κ3) is 3.58. The molecule has 0 saturated carbocycles. The second kappa shape index (κ2) is 5.57. The number of hydrogen-bond donors (Lipinski definition) is 2. The first kappa shape index (κ1) is 13.1. The van der Waals surface area contributed by atoms with E-state index in [0.29, 0.717) is 12.1 Å². The van der Waals surface area contributed by atoms with Crippen molar-refractivity contribution in [1.82, 2.24) is 0 Å². The lowest BCUT2D eigenvalue weighted by Crippen LogP contribution is -2.14. The summed E-state index contributed by atoms with van der Waals surface area (Å²) < 4.78 is 0. The first-order chi connectivity index (χ1) is 9.04. The predicted octanol–water partition coefficient (Wildman–Crippen LogP) is 3.19. The maximum Gasteiger partial charge on any atom is 0.228 e. The van der Waals surface area contributed by atoms with Gasteiger partial charge in [-0.05, 0) is 37.1 Å². The molecule has 0 aromatic heterocycles. The van der Waals surface area contributed by atoms with Crippen LogP contribution in [0.2, 0.25) is 0 Å². The molecule has 0 saturated heterocycles. The number of carbonyl (C=O) groups excluding carboxylic acids is 1. The Morgan fingerprint density at radius 1 is 1.11 bits per heavy atom. The molecular weight excluding hydrogens is 238 g/mol. The molecule has 2 rings (SSSR count). The standard InChI is InChI=1S/C16H17NO2/c1-11-4-3-5-13(8-11)10-16(19)17-14-9-12(2)6-7-15(14)18/h3-9,18H,10H2,1-2H3,(H,17,19). The fraction of sp³-hybridized carbons (Fsp3) is 0.188. The molecule has 0 bridgehead atoms. The van der Waals surface area contributed by atoms with Gasteiger partial charge in [-0.3, -0.25) is 4.79 Å². The summed E-state index contributed by atoms with van der Waals surface area (Å²) in [5, 5.41) is 12.4. The molecule has 0 aliphatic rings. The van der Waals surface area contributed by atoms with Gasteiger partial charge in [0.15, 0.2) is 0 Å². The first-order valence-electron chi connectivity index (χ1n) is 6.19. The van der Waals surface area contributed by atoms with Crippen LogP contribution >= 0.6 is 0 Å². The largest absolute Gasteiger partial charge is 0.506 e. The number of hydrogen-bond acceptors (Lipinski definition) is 2. The minimum absolute atomic E-state index is 0.0863. The van der Waals surface area contributed by atoms with Crippen molar-refractivity contribution in [3.63, 3.8) is 0 Å². The Morgan fingerprint density at radius 2 is 1.84 bits per heavy atom. The lowest BCUT2D eigenvalue weighted by Gasteiger charge is -2.08. The van der Waals surface area contributed by atoms with Crippen LogP contribution in [-0.2, 0) is 11.2 Å². The Balaban J connectivity index is 2.07. The summed E-state index contributed by atoms with van der Waals surface area (Å²) in [7, 11) is 0. The summed E-state index contributed by atoms with van der Waals surface area (Å²) in [5.74, 6) is -0.0466. The fourth-order valence-corrected chi connectivity index (χ4v) is 1.95. The Labute approximate surface area is 112 Å². The van der Waals surface area contributed by atoms with Gasteiger partial charge in [-0.2, -0.15) is 0 Å². The summed E-state index contributed by atoms with van der Waals surface area (Å²) in [6.07, 6.45) is 0.301. The van der Waals surface area contributed by atoms with Crippen LogP contribution in [-0.4, -0.2) is 11.0 Å². The highest BCUT2D eigenvalue weighted by molar-refractivity contribution is 5.93. The number of aryl methyl sites for hydroxylation is 2. The summed E-state index contributed by atoms with van der Waals surface area (Å²) >= 11 is 0. The van der Waals surface area contributed by atoms with Crippen LogP contribution in [0.3, 0.4) is 0 Å². The molecule has 3 nitrogen and oxygen atoms in total. The number of benzene rings is 2. The Kier molecular flexibility index (Phi) is 3.85. The van der Waals surface area contributed by atoms with Crippen LogP contribution in [0.15, 0.2) is 42.5 Å². The zero-order valence-corrected chi connectivity index (χ0v) is 11.1. The minimum Gasteiger partial charge on any atom is -0.506 e. The molecule has 2 aromatic rings. The van der Waals surface area contributed by atoms with Gasteiger partial charge in [-0.25, -0.2) is 0 Å². The van der Waals surface area contributed by atoms with Gasteiger partial charge >= 0.3 is 0 Å². The lowest BCUT2D eigenvalue weighted by molar-refractivity contribution is -0.115. The first-order valence-corrected chi connectivity index (χ1v) is 6.19. The zero-order valence-electron chi connectivity index (χ0n) is 11.1. The molecule has 0 aliphatic heterocycles. The van der Waals surface area contributed by atoms with Crippen LogP contribution in [0.4, 0.5) is 5.69 Å². The molecule has 0 heterocycles. The summed E-state index contributed by atoms with van der Waals surface area (Å²) in [6.45, 7) is 3.91. The van der Waals surface area contributed by atoms with Crippen molar-refractivity contribution in [1.29, 1.82) is 0 Å². The Bertz CT molecular complexity index is 605. The molecule has 19 heavy (non-hydrogen) atoms. The second-order valence-corrected chi connectivity index (χ2v) is 4.73. The van der Waals surface area contributed by atoms with Gasteiger partial charge < -0.3 is 10.4 Å². The normalized spacial score (nSPS) is 10.2. The molecule has 2 N–H and O–H groups in total. The molecule has 0 radical (unpaired) electrons. The van der Waals surface area contributed by atoms with Crippen molar-refractivity contribution in [3.05, 3.63) is 59.2 Å².